The van der Waals surface area contributed by atoms with Gasteiger partial charge in [0.05, 0.1) is 17.8 Å². The molecule has 0 aromatic heterocycles. The molecule has 0 saturated carbocycles. The van der Waals surface area contributed by atoms with E-state index in [-0.39, 0.29) is 17.2 Å². The number of nitrogens with one attached hydrogen (secondary N) is 1. The summed E-state index contributed by atoms with van der Waals surface area (Å²) in [5.74, 6) is -0.512. The van der Waals surface area contributed by atoms with Crippen LogP contribution in [0.3, 0.4) is 0 Å². The largest absolute Gasteiger partial charge is 0.449 e. The summed E-state index contributed by atoms with van der Waals surface area (Å²) in [6.07, 6.45) is 0.417. The van der Waals surface area contributed by atoms with Crippen molar-refractivity contribution >= 4 is 23.9 Å². The average Bonchev–Trinajstić information content (AvgIpc) is 2.23. The lowest BCUT2D eigenvalue weighted by Gasteiger charge is -2.00. The van der Waals surface area contributed by atoms with Crippen LogP contribution in [0.25, 0.3) is 0 Å². The highest BCUT2D eigenvalue weighted by Gasteiger charge is 2.03. The molecule has 0 unspecified atom stereocenters. The number of benzene rings is 1. The number of amides is 1. The van der Waals surface area contributed by atoms with E-state index < -0.39 is 11.9 Å². The molecule has 4 nitrogen and oxygen atoms in total. The van der Waals surface area contributed by atoms with E-state index in [0.717, 1.165) is 6.21 Å². The van der Waals surface area contributed by atoms with Crippen molar-refractivity contribution in [1.29, 1.82) is 0 Å². The first kappa shape index (κ1) is 12.4. The maximum atomic E-state index is 13.2. The second-order valence-corrected chi connectivity index (χ2v) is 3.13. The molecule has 0 aliphatic carbocycles. The lowest BCUT2D eigenvalue weighted by atomic mass is 10.2. The SMILES string of the molecule is CCOC(=O)N/N=C\c1c(F)cccc1Cl. The van der Waals surface area contributed by atoms with Crippen LogP contribution in [-0.4, -0.2) is 18.9 Å². The second kappa shape index (κ2) is 6.07. The number of ether oxygens (including phenoxy) is 1. The molecule has 0 aliphatic heterocycles. The number of rotatable bonds is 3. The quantitative estimate of drug-likeness (QED) is 0.656. The van der Waals surface area contributed by atoms with Gasteiger partial charge >= 0.3 is 6.09 Å². The van der Waals surface area contributed by atoms with E-state index >= 15 is 0 Å². The standard InChI is InChI=1S/C10H10ClFN2O2/c1-2-16-10(15)14-13-6-7-8(11)4-3-5-9(7)12/h3-6H,2H2,1H3,(H,14,15)/b13-6-. The highest BCUT2D eigenvalue weighted by molar-refractivity contribution is 6.33. The zero-order chi connectivity index (χ0) is 12.0. The number of halogens is 2. The molecule has 1 rings (SSSR count). The fourth-order valence-corrected chi connectivity index (χ4v) is 1.16. The lowest BCUT2D eigenvalue weighted by Crippen LogP contribution is -2.18. The Balaban J connectivity index is 2.66. The summed E-state index contributed by atoms with van der Waals surface area (Å²) in [6.45, 7) is 1.90. The van der Waals surface area contributed by atoms with Crippen molar-refractivity contribution < 1.29 is 13.9 Å². The van der Waals surface area contributed by atoms with Crippen LogP contribution in [0.15, 0.2) is 23.3 Å². The molecule has 0 spiro atoms. The third kappa shape index (κ3) is 3.51. The van der Waals surface area contributed by atoms with Crippen LogP contribution in [0.2, 0.25) is 5.02 Å². The van der Waals surface area contributed by atoms with Crippen LogP contribution in [-0.2, 0) is 4.74 Å². The summed E-state index contributed by atoms with van der Waals surface area (Å²) in [6, 6.07) is 4.25. The van der Waals surface area contributed by atoms with Crippen LogP contribution < -0.4 is 5.43 Å². The van der Waals surface area contributed by atoms with Crippen molar-refractivity contribution in [2.24, 2.45) is 5.10 Å². The van der Waals surface area contributed by atoms with E-state index in [1.54, 1.807) is 6.92 Å². The Morgan fingerprint density at radius 1 is 1.69 bits per heavy atom. The van der Waals surface area contributed by atoms with E-state index in [1.807, 2.05) is 0 Å². The van der Waals surface area contributed by atoms with E-state index in [4.69, 9.17) is 11.6 Å². The van der Waals surface area contributed by atoms with Gasteiger partial charge < -0.3 is 4.74 Å². The van der Waals surface area contributed by atoms with E-state index in [0.29, 0.717) is 0 Å². The molecule has 1 aromatic rings. The molecule has 0 radical (unpaired) electrons. The first-order valence-electron chi connectivity index (χ1n) is 4.55. The molecule has 1 N–H and O–H groups in total. The lowest BCUT2D eigenvalue weighted by molar-refractivity contribution is 0.152. The molecular formula is C10H10ClFN2O2. The topological polar surface area (TPSA) is 50.7 Å². The van der Waals surface area contributed by atoms with Crippen LogP contribution in [0.4, 0.5) is 9.18 Å². The summed E-state index contributed by atoms with van der Waals surface area (Å²) in [5, 5.41) is 3.72. The number of hydrogen-bond acceptors (Lipinski definition) is 3. The summed E-state index contributed by atoms with van der Waals surface area (Å²) >= 11 is 5.73. The van der Waals surface area contributed by atoms with Gasteiger partial charge in [0.1, 0.15) is 5.82 Å². The molecule has 6 heteroatoms. The Morgan fingerprint density at radius 2 is 2.44 bits per heavy atom. The van der Waals surface area contributed by atoms with Crippen molar-refractivity contribution in [1.82, 2.24) is 5.43 Å². The van der Waals surface area contributed by atoms with E-state index in [2.05, 4.69) is 15.3 Å². The fraction of sp³-hybridized carbons (Fsp3) is 0.200. The minimum atomic E-state index is -0.703. The Hall–Kier alpha value is -1.62. The zero-order valence-corrected chi connectivity index (χ0v) is 9.29. The van der Waals surface area contributed by atoms with Crippen LogP contribution >= 0.6 is 11.6 Å². The molecule has 86 valence electrons. The molecule has 0 atom stereocenters. The summed E-state index contributed by atoms with van der Waals surface area (Å²) < 4.78 is 17.8. The Labute approximate surface area is 97.1 Å². The van der Waals surface area contributed by atoms with Gasteiger partial charge in [-0.3, -0.25) is 0 Å². The van der Waals surface area contributed by atoms with Crippen molar-refractivity contribution in [3.63, 3.8) is 0 Å². The van der Waals surface area contributed by atoms with Crippen molar-refractivity contribution in [2.75, 3.05) is 6.61 Å². The van der Waals surface area contributed by atoms with Crippen LogP contribution in [0, 0.1) is 5.82 Å². The number of carbonyl (C=O) groups excluding carboxylic acids is 1. The molecule has 16 heavy (non-hydrogen) atoms. The van der Waals surface area contributed by atoms with Gasteiger partial charge in [-0.05, 0) is 19.1 Å². The molecule has 0 aliphatic rings. The Kier molecular flexibility index (Phi) is 4.72. The van der Waals surface area contributed by atoms with Crippen LogP contribution in [0.5, 0.6) is 0 Å². The molecule has 1 amide bonds. The first-order chi connectivity index (χ1) is 7.65. The van der Waals surface area contributed by atoms with Crippen molar-refractivity contribution in [3.8, 4) is 0 Å². The van der Waals surface area contributed by atoms with Gasteiger partial charge in [-0.2, -0.15) is 5.10 Å². The average molecular weight is 245 g/mol. The van der Waals surface area contributed by atoms with Crippen molar-refractivity contribution in [3.05, 3.63) is 34.6 Å². The van der Waals surface area contributed by atoms with Gasteiger partial charge in [0, 0.05) is 5.56 Å². The van der Waals surface area contributed by atoms with E-state index in [1.165, 1.54) is 18.2 Å². The predicted octanol–water partition coefficient (Wildman–Crippen LogP) is 2.56. The minimum absolute atomic E-state index is 0.112. The molecular weight excluding hydrogens is 235 g/mol. The van der Waals surface area contributed by atoms with Crippen LogP contribution in [0.1, 0.15) is 12.5 Å². The molecule has 0 saturated heterocycles. The zero-order valence-electron chi connectivity index (χ0n) is 8.54. The third-order valence-corrected chi connectivity index (χ3v) is 1.95. The molecule has 1 aromatic carbocycles. The molecule has 0 fully saturated rings. The van der Waals surface area contributed by atoms with Gasteiger partial charge in [0.15, 0.2) is 0 Å². The monoisotopic (exact) mass is 244 g/mol. The normalized spacial score (nSPS) is 10.4. The molecule has 0 heterocycles. The van der Waals surface area contributed by atoms with Gasteiger partial charge in [-0.1, -0.05) is 17.7 Å². The second-order valence-electron chi connectivity index (χ2n) is 2.73. The highest BCUT2D eigenvalue weighted by atomic mass is 35.5. The summed E-state index contributed by atoms with van der Waals surface area (Å²) in [4.78, 5) is 10.8. The van der Waals surface area contributed by atoms with Gasteiger partial charge in [0.25, 0.3) is 0 Å². The summed E-state index contributed by atoms with van der Waals surface area (Å²) in [5.41, 5.74) is 2.18. The number of carbonyl (C=O) groups is 1. The fourth-order valence-electron chi connectivity index (χ4n) is 0.947. The van der Waals surface area contributed by atoms with Gasteiger partial charge in [-0.25, -0.2) is 14.6 Å². The molecule has 0 bridgehead atoms. The smallest absolute Gasteiger partial charge is 0.427 e. The third-order valence-electron chi connectivity index (χ3n) is 1.62. The Bertz CT molecular complexity index is 390. The highest BCUT2D eigenvalue weighted by Crippen LogP contribution is 2.16. The maximum absolute atomic E-state index is 13.2. The number of hydrogen-bond donors (Lipinski definition) is 1. The van der Waals surface area contributed by atoms with Crippen molar-refractivity contribution in [2.45, 2.75) is 6.92 Å². The maximum Gasteiger partial charge on any atom is 0.427 e. The first-order valence-corrected chi connectivity index (χ1v) is 4.92. The summed E-state index contributed by atoms with van der Waals surface area (Å²) in [7, 11) is 0. The predicted molar refractivity (Wildman–Crippen MR) is 59.2 cm³/mol. The van der Waals surface area contributed by atoms with E-state index in [9.17, 15) is 9.18 Å². The number of nitrogens with zero attached hydrogens (tertiary/aromatic N) is 1. The Morgan fingerprint density at radius 3 is 3.06 bits per heavy atom. The van der Waals surface area contributed by atoms with Gasteiger partial charge in [-0.15, -0.1) is 0 Å². The number of hydrazone groups is 1. The minimum Gasteiger partial charge on any atom is -0.449 e. The van der Waals surface area contributed by atoms with Gasteiger partial charge in [0.2, 0.25) is 0 Å².